The van der Waals surface area contributed by atoms with Crippen molar-refractivity contribution in [3.8, 4) is 0 Å². The van der Waals surface area contributed by atoms with Gasteiger partial charge in [0.15, 0.2) is 0 Å². The standard InChI is InChI=1S/C9H12ClNO2S/c1-11(2)7-8-3-5-9(6-4-8)14(10,12)13/h3-6H,7H2,1-2H3. The predicted octanol–water partition coefficient (Wildman–Crippen LogP) is 1.68. The van der Waals surface area contributed by atoms with Gasteiger partial charge in [-0.3, -0.25) is 0 Å². The zero-order valence-electron chi connectivity index (χ0n) is 8.07. The summed E-state index contributed by atoms with van der Waals surface area (Å²) in [4.78, 5) is 2.14. The SMILES string of the molecule is CN(C)Cc1ccc(S(=O)(=O)Cl)cc1. The van der Waals surface area contributed by atoms with Gasteiger partial charge in [0, 0.05) is 17.2 Å². The van der Waals surface area contributed by atoms with E-state index >= 15 is 0 Å². The highest BCUT2D eigenvalue weighted by Gasteiger charge is 2.08. The van der Waals surface area contributed by atoms with E-state index in [1.807, 2.05) is 19.0 Å². The second-order valence-electron chi connectivity index (χ2n) is 3.32. The molecule has 0 amide bonds. The van der Waals surface area contributed by atoms with E-state index in [0.717, 1.165) is 12.1 Å². The van der Waals surface area contributed by atoms with Crippen LogP contribution in [0.2, 0.25) is 0 Å². The molecule has 0 unspecified atom stereocenters. The van der Waals surface area contributed by atoms with Gasteiger partial charge in [0.25, 0.3) is 9.05 Å². The van der Waals surface area contributed by atoms with Crippen molar-refractivity contribution in [1.82, 2.24) is 4.90 Å². The smallest absolute Gasteiger partial charge is 0.261 e. The van der Waals surface area contributed by atoms with E-state index in [1.165, 1.54) is 12.1 Å². The normalized spacial score (nSPS) is 12.0. The Bertz CT molecular complexity index is 397. The van der Waals surface area contributed by atoms with Crippen molar-refractivity contribution in [2.45, 2.75) is 11.4 Å². The number of nitrogens with zero attached hydrogens (tertiary/aromatic N) is 1. The fraction of sp³-hybridized carbons (Fsp3) is 0.333. The van der Waals surface area contributed by atoms with Crippen molar-refractivity contribution in [2.75, 3.05) is 14.1 Å². The van der Waals surface area contributed by atoms with E-state index in [0.29, 0.717) is 0 Å². The van der Waals surface area contributed by atoms with Crippen molar-refractivity contribution in [1.29, 1.82) is 0 Å². The summed E-state index contributed by atoms with van der Waals surface area (Å²) in [6, 6.07) is 6.55. The molecule has 0 saturated heterocycles. The van der Waals surface area contributed by atoms with Crippen molar-refractivity contribution in [3.05, 3.63) is 29.8 Å². The maximum Gasteiger partial charge on any atom is 0.261 e. The summed E-state index contributed by atoms with van der Waals surface area (Å²) in [5.41, 5.74) is 1.05. The Morgan fingerprint density at radius 3 is 2.07 bits per heavy atom. The molecule has 0 N–H and O–H groups in total. The van der Waals surface area contributed by atoms with Crippen LogP contribution in [0.5, 0.6) is 0 Å². The van der Waals surface area contributed by atoms with Gasteiger partial charge in [-0.15, -0.1) is 0 Å². The summed E-state index contributed by atoms with van der Waals surface area (Å²) in [7, 11) is 5.49. The second kappa shape index (κ2) is 4.29. The third-order valence-corrected chi connectivity index (χ3v) is 3.07. The highest BCUT2D eigenvalue weighted by Crippen LogP contribution is 2.15. The van der Waals surface area contributed by atoms with Crippen LogP contribution < -0.4 is 0 Å². The van der Waals surface area contributed by atoms with Crippen molar-refractivity contribution < 1.29 is 8.42 Å². The first-order valence-electron chi connectivity index (χ1n) is 4.08. The molecular formula is C9H12ClNO2S. The van der Waals surface area contributed by atoms with Crippen molar-refractivity contribution >= 4 is 19.7 Å². The highest BCUT2D eigenvalue weighted by atomic mass is 35.7. The minimum Gasteiger partial charge on any atom is -0.305 e. The molecule has 0 heterocycles. The fourth-order valence-electron chi connectivity index (χ4n) is 1.12. The lowest BCUT2D eigenvalue weighted by atomic mass is 10.2. The fourth-order valence-corrected chi connectivity index (χ4v) is 1.89. The Balaban J connectivity index is 2.90. The number of halogens is 1. The first kappa shape index (κ1) is 11.5. The summed E-state index contributed by atoms with van der Waals surface area (Å²) < 4.78 is 21.8. The van der Waals surface area contributed by atoms with E-state index in [4.69, 9.17) is 10.7 Å². The molecule has 78 valence electrons. The van der Waals surface area contributed by atoms with E-state index in [2.05, 4.69) is 0 Å². The van der Waals surface area contributed by atoms with E-state index in [9.17, 15) is 8.42 Å². The lowest BCUT2D eigenvalue weighted by Crippen LogP contribution is -2.10. The van der Waals surface area contributed by atoms with Crippen LogP contribution >= 0.6 is 10.7 Å². The van der Waals surface area contributed by atoms with Gasteiger partial charge >= 0.3 is 0 Å². The second-order valence-corrected chi connectivity index (χ2v) is 5.89. The Labute approximate surface area is 88.7 Å². The van der Waals surface area contributed by atoms with Crippen LogP contribution in [0, 0.1) is 0 Å². The van der Waals surface area contributed by atoms with Gasteiger partial charge in [-0.1, -0.05) is 12.1 Å². The molecule has 1 aromatic rings. The van der Waals surface area contributed by atoms with Crippen LogP contribution in [0.4, 0.5) is 0 Å². The molecule has 0 spiro atoms. The maximum atomic E-state index is 10.9. The van der Waals surface area contributed by atoms with E-state index in [1.54, 1.807) is 12.1 Å². The Hall–Kier alpha value is -0.580. The van der Waals surface area contributed by atoms with Crippen LogP contribution in [0.15, 0.2) is 29.2 Å². The van der Waals surface area contributed by atoms with Crippen LogP contribution in [-0.2, 0) is 15.6 Å². The van der Waals surface area contributed by atoms with Gasteiger partial charge in [0.2, 0.25) is 0 Å². The molecule has 14 heavy (non-hydrogen) atoms. The minimum absolute atomic E-state index is 0.140. The summed E-state index contributed by atoms with van der Waals surface area (Å²) in [5, 5.41) is 0. The van der Waals surface area contributed by atoms with E-state index in [-0.39, 0.29) is 4.90 Å². The molecule has 0 aromatic heterocycles. The Morgan fingerprint density at radius 1 is 1.21 bits per heavy atom. The number of rotatable bonds is 3. The monoisotopic (exact) mass is 233 g/mol. The summed E-state index contributed by atoms with van der Waals surface area (Å²) in [6.45, 7) is 0.780. The molecule has 0 atom stereocenters. The van der Waals surface area contributed by atoms with Gasteiger partial charge in [0.1, 0.15) is 0 Å². The minimum atomic E-state index is -3.59. The zero-order chi connectivity index (χ0) is 10.8. The van der Waals surface area contributed by atoms with Gasteiger partial charge in [-0.2, -0.15) is 0 Å². The topological polar surface area (TPSA) is 37.4 Å². The first-order chi connectivity index (χ1) is 6.39. The molecule has 0 aliphatic rings. The summed E-state index contributed by atoms with van der Waals surface area (Å²) in [5.74, 6) is 0. The molecule has 0 aliphatic carbocycles. The van der Waals surface area contributed by atoms with E-state index < -0.39 is 9.05 Å². The van der Waals surface area contributed by atoms with Crippen LogP contribution in [0.1, 0.15) is 5.56 Å². The third kappa shape index (κ3) is 3.29. The maximum absolute atomic E-state index is 10.9. The molecule has 0 fully saturated rings. The van der Waals surface area contributed by atoms with Crippen LogP contribution in [0.25, 0.3) is 0 Å². The Morgan fingerprint density at radius 2 is 1.71 bits per heavy atom. The zero-order valence-corrected chi connectivity index (χ0v) is 9.64. The average molecular weight is 234 g/mol. The van der Waals surface area contributed by atoms with Gasteiger partial charge in [0.05, 0.1) is 4.90 Å². The largest absolute Gasteiger partial charge is 0.305 e. The number of hydrogen-bond donors (Lipinski definition) is 0. The molecule has 0 bridgehead atoms. The summed E-state index contributed by atoms with van der Waals surface area (Å²) >= 11 is 0. The number of benzene rings is 1. The van der Waals surface area contributed by atoms with Gasteiger partial charge < -0.3 is 4.90 Å². The molecule has 1 aromatic carbocycles. The molecule has 0 aliphatic heterocycles. The average Bonchev–Trinajstić information content (AvgIpc) is 2.02. The molecule has 0 saturated carbocycles. The lowest BCUT2D eigenvalue weighted by Gasteiger charge is -2.09. The number of hydrogen-bond acceptors (Lipinski definition) is 3. The van der Waals surface area contributed by atoms with Crippen LogP contribution in [0.3, 0.4) is 0 Å². The molecule has 5 heteroatoms. The van der Waals surface area contributed by atoms with Gasteiger partial charge in [-0.05, 0) is 31.8 Å². The molecule has 0 radical (unpaired) electrons. The predicted molar refractivity (Wildman–Crippen MR) is 56.9 cm³/mol. The quantitative estimate of drug-likeness (QED) is 0.746. The first-order valence-corrected chi connectivity index (χ1v) is 6.39. The van der Waals surface area contributed by atoms with Crippen molar-refractivity contribution in [3.63, 3.8) is 0 Å². The highest BCUT2D eigenvalue weighted by molar-refractivity contribution is 8.13. The Kier molecular flexibility index (Phi) is 3.53. The molecular weight excluding hydrogens is 222 g/mol. The third-order valence-electron chi connectivity index (χ3n) is 1.70. The summed E-state index contributed by atoms with van der Waals surface area (Å²) in [6.07, 6.45) is 0. The van der Waals surface area contributed by atoms with Gasteiger partial charge in [-0.25, -0.2) is 8.42 Å². The van der Waals surface area contributed by atoms with Crippen molar-refractivity contribution in [2.24, 2.45) is 0 Å². The molecule has 3 nitrogen and oxygen atoms in total. The lowest BCUT2D eigenvalue weighted by molar-refractivity contribution is 0.402. The van der Waals surface area contributed by atoms with Crippen LogP contribution in [-0.4, -0.2) is 27.4 Å². The molecule has 1 rings (SSSR count).